The van der Waals surface area contributed by atoms with Crippen LogP contribution in [0.3, 0.4) is 0 Å². The van der Waals surface area contributed by atoms with Crippen LogP contribution in [0.5, 0.6) is 5.75 Å². The SMILES string of the molecule is CCCCOC(=O)Cn1c(-c2ccc(O[C@@H]3CO[C@H]4[C@@H]3OC[C@H]4OCc3ccccc3)cc2)ncc(NCCCc2ccccc2)c1=O. The molecule has 2 aliphatic heterocycles. The number of carbonyl (C=O) groups is 1. The number of hydrogen-bond acceptors (Lipinski definition) is 9. The number of rotatable bonds is 16. The maximum Gasteiger partial charge on any atom is 0.326 e. The van der Waals surface area contributed by atoms with Crippen molar-refractivity contribution in [1.29, 1.82) is 0 Å². The van der Waals surface area contributed by atoms with Crippen molar-refractivity contribution in [1.82, 2.24) is 9.55 Å². The van der Waals surface area contributed by atoms with Gasteiger partial charge in [0.1, 0.15) is 42.1 Å². The van der Waals surface area contributed by atoms with Crippen molar-refractivity contribution in [2.24, 2.45) is 0 Å². The van der Waals surface area contributed by atoms with Gasteiger partial charge in [-0.3, -0.25) is 14.2 Å². The second kappa shape index (κ2) is 16.5. The molecule has 10 heteroatoms. The van der Waals surface area contributed by atoms with E-state index in [1.807, 2.05) is 79.7 Å². The van der Waals surface area contributed by atoms with E-state index in [1.165, 1.54) is 16.3 Å². The van der Waals surface area contributed by atoms with Crippen molar-refractivity contribution < 1.29 is 28.5 Å². The minimum absolute atomic E-state index is 0.163. The number of aromatic nitrogens is 2. The number of unbranched alkanes of at least 4 members (excludes halogenated alkanes) is 1. The van der Waals surface area contributed by atoms with Crippen molar-refractivity contribution in [3.05, 3.63) is 113 Å². The molecule has 0 radical (unpaired) electrons. The molecular formula is C38H43N3O7. The number of carbonyl (C=O) groups excluding carboxylic acids is 1. The summed E-state index contributed by atoms with van der Waals surface area (Å²) in [5.74, 6) is 0.527. The molecule has 0 bridgehead atoms. The van der Waals surface area contributed by atoms with Gasteiger partial charge in [0.15, 0.2) is 6.10 Å². The predicted molar refractivity (Wildman–Crippen MR) is 182 cm³/mol. The molecule has 3 heterocycles. The van der Waals surface area contributed by atoms with Crippen molar-refractivity contribution in [2.75, 3.05) is 31.7 Å². The second-order valence-electron chi connectivity index (χ2n) is 12.1. The van der Waals surface area contributed by atoms with Crippen LogP contribution in [0, 0.1) is 0 Å². The second-order valence-corrected chi connectivity index (χ2v) is 12.1. The van der Waals surface area contributed by atoms with Crippen LogP contribution in [0.2, 0.25) is 0 Å². The average Bonchev–Trinajstić information content (AvgIpc) is 3.71. The largest absolute Gasteiger partial charge is 0.485 e. The third kappa shape index (κ3) is 8.49. The standard InChI is InChI=1S/C38H43N3O7/c1-2-3-21-44-34(42)23-41-37(40-22-31(38(41)43)39-20-10-15-27-11-6-4-7-12-27)29-16-18-30(19-17-29)48-33-26-47-35-32(25-46-36(33)35)45-24-28-13-8-5-9-14-28/h4-9,11-14,16-19,22,32-33,35-36,39H,2-3,10,15,20-21,23-26H2,1H3/t32-,33-,35-,36-/m1/s1. The number of fused-ring (bicyclic) bond motifs is 1. The first-order valence-electron chi connectivity index (χ1n) is 16.8. The predicted octanol–water partition coefficient (Wildman–Crippen LogP) is 5.43. The molecule has 2 aliphatic rings. The summed E-state index contributed by atoms with van der Waals surface area (Å²) in [4.78, 5) is 31.0. The fourth-order valence-corrected chi connectivity index (χ4v) is 5.96. The van der Waals surface area contributed by atoms with Gasteiger partial charge in [-0.25, -0.2) is 4.98 Å². The maximum atomic E-state index is 13.6. The van der Waals surface area contributed by atoms with E-state index in [0.29, 0.717) is 55.8 Å². The molecule has 1 aromatic heterocycles. The van der Waals surface area contributed by atoms with E-state index in [0.717, 1.165) is 31.2 Å². The van der Waals surface area contributed by atoms with E-state index >= 15 is 0 Å². The van der Waals surface area contributed by atoms with Gasteiger partial charge in [0.25, 0.3) is 5.56 Å². The van der Waals surface area contributed by atoms with Gasteiger partial charge in [-0.15, -0.1) is 0 Å². The van der Waals surface area contributed by atoms with E-state index < -0.39 is 5.97 Å². The Labute approximate surface area is 281 Å². The average molecular weight is 654 g/mol. The summed E-state index contributed by atoms with van der Waals surface area (Å²) >= 11 is 0. The fourth-order valence-electron chi connectivity index (χ4n) is 5.96. The van der Waals surface area contributed by atoms with Crippen LogP contribution in [0.1, 0.15) is 37.3 Å². The first-order valence-corrected chi connectivity index (χ1v) is 16.8. The van der Waals surface area contributed by atoms with Crippen molar-refractivity contribution in [3.8, 4) is 17.1 Å². The number of esters is 1. The zero-order valence-electron chi connectivity index (χ0n) is 27.3. The van der Waals surface area contributed by atoms with Crippen molar-refractivity contribution >= 4 is 11.7 Å². The molecule has 0 unspecified atom stereocenters. The maximum absolute atomic E-state index is 13.6. The molecule has 252 valence electrons. The molecular weight excluding hydrogens is 610 g/mol. The third-order valence-electron chi connectivity index (χ3n) is 8.57. The highest BCUT2D eigenvalue weighted by molar-refractivity contribution is 5.71. The van der Waals surface area contributed by atoms with Gasteiger partial charge < -0.3 is 29.0 Å². The monoisotopic (exact) mass is 653 g/mol. The molecule has 48 heavy (non-hydrogen) atoms. The lowest BCUT2D eigenvalue weighted by Crippen LogP contribution is -2.35. The number of aryl methyl sites for hydroxylation is 1. The number of anilines is 1. The lowest BCUT2D eigenvalue weighted by Gasteiger charge is -2.19. The van der Waals surface area contributed by atoms with Crippen LogP contribution in [0.25, 0.3) is 11.4 Å². The van der Waals surface area contributed by atoms with E-state index in [4.69, 9.17) is 23.7 Å². The molecule has 2 fully saturated rings. The Hall–Kier alpha value is -4.51. The molecule has 4 atom stereocenters. The molecule has 3 aromatic carbocycles. The third-order valence-corrected chi connectivity index (χ3v) is 8.57. The molecule has 2 saturated heterocycles. The van der Waals surface area contributed by atoms with Gasteiger partial charge in [0, 0.05) is 12.1 Å². The summed E-state index contributed by atoms with van der Waals surface area (Å²) in [6, 6.07) is 27.6. The highest BCUT2D eigenvalue weighted by Crippen LogP contribution is 2.32. The van der Waals surface area contributed by atoms with Crippen LogP contribution in [0.15, 0.2) is 95.9 Å². The van der Waals surface area contributed by atoms with Crippen molar-refractivity contribution in [2.45, 2.75) is 70.2 Å². The summed E-state index contributed by atoms with van der Waals surface area (Å²) < 4.78 is 31.3. The molecule has 0 saturated carbocycles. The lowest BCUT2D eigenvalue weighted by molar-refractivity contribution is -0.144. The van der Waals surface area contributed by atoms with Crippen LogP contribution in [-0.4, -0.2) is 66.3 Å². The van der Waals surface area contributed by atoms with E-state index in [2.05, 4.69) is 22.4 Å². The minimum Gasteiger partial charge on any atom is -0.485 e. The van der Waals surface area contributed by atoms with Crippen LogP contribution in [-0.2, 0) is 43.3 Å². The Bertz CT molecular complexity index is 1660. The smallest absolute Gasteiger partial charge is 0.326 e. The van der Waals surface area contributed by atoms with E-state index in [1.54, 1.807) is 0 Å². The molecule has 4 aromatic rings. The lowest BCUT2D eigenvalue weighted by atomic mass is 10.1. The topological polar surface area (TPSA) is 110 Å². The molecule has 10 nitrogen and oxygen atoms in total. The van der Waals surface area contributed by atoms with Crippen molar-refractivity contribution in [3.63, 3.8) is 0 Å². The van der Waals surface area contributed by atoms with Crippen LogP contribution in [0.4, 0.5) is 5.69 Å². The summed E-state index contributed by atoms with van der Waals surface area (Å²) in [6.45, 7) is 4.02. The highest BCUT2D eigenvalue weighted by atomic mass is 16.6. The first-order chi connectivity index (χ1) is 23.6. The zero-order chi connectivity index (χ0) is 33.1. The Morgan fingerprint density at radius 3 is 2.31 bits per heavy atom. The number of benzene rings is 3. The molecule has 0 aliphatic carbocycles. The Morgan fingerprint density at radius 2 is 1.58 bits per heavy atom. The minimum atomic E-state index is -0.479. The first kappa shape index (κ1) is 33.4. The summed E-state index contributed by atoms with van der Waals surface area (Å²) in [7, 11) is 0. The number of ether oxygens (including phenoxy) is 5. The van der Waals surface area contributed by atoms with Gasteiger partial charge >= 0.3 is 5.97 Å². The van der Waals surface area contributed by atoms with E-state index in [-0.39, 0.29) is 36.5 Å². The Kier molecular flexibility index (Phi) is 11.5. The van der Waals surface area contributed by atoms with Gasteiger partial charge in [-0.2, -0.15) is 0 Å². The molecule has 0 amide bonds. The van der Waals surface area contributed by atoms with Crippen LogP contribution >= 0.6 is 0 Å². The van der Waals surface area contributed by atoms with Gasteiger partial charge in [-0.1, -0.05) is 74.0 Å². The Balaban J connectivity index is 1.10. The quantitative estimate of drug-likeness (QED) is 0.125. The summed E-state index contributed by atoms with van der Waals surface area (Å²) in [6.07, 6.45) is 4.05. The number of nitrogens with one attached hydrogen (secondary N) is 1. The number of hydrogen-bond donors (Lipinski definition) is 1. The Morgan fingerprint density at radius 1 is 0.896 bits per heavy atom. The molecule has 6 rings (SSSR count). The van der Waals surface area contributed by atoms with Crippen LogP contribution < -0.4 is 15.6 Å². The molecule has 1 N–H and O–H groups in total. The fraction of sp³-hybridized carbons (Fsp3) is 0.395. The van der Waals surface area contributed by atoms with Gasteiger partial charge in [-0.05, 0) is 54.7 Å². The normalized spacial score (nSPS) is 19.9. The molecule has 0 spiro atoms. The van der Waals surface area contributed by atoms with Gasteiger partial charge in [0.05, 0.1) is 32.6 Å². The van der Waals surface area contributed by atoms with Gasteiger partial charge in [0.2, 0.25) is 0 Å². The highest BCUT2D eigenvalue weighted by Gasteiger charge is 2.49. The van der Waals surface area contributed by atoms with E-state index in [9.17, 15) is 9.59 Å². The zero-order valence-corrected chi connectivity index (χ0v) is 27.3. The summed E-state index contributed by atoms with van der Waals surface area (Å²) in [5, 5.41) is 3.21. The summed E-state index contributed by atoms with van der Waals surface area (Å²) in [5.41, 5.74) is 3.02. The number of nitrogens with zero attached hydrogens (tertiary/aromatic N) is 2.